The number of allylic oxidation sites excluding steroid dienone is 3. The SMILES string of the molecule is C/C1=C/C(=O)O[C@@H]2C[C@@H](CC[C@H](C)/C=C\CC(=O)CC1)O[C@@](O)([C@@H]1CSC(=O)N1)C2. The fraction of sp³-hybridized carbons (Fsp3) is 0.682. The van der Waals surface area contributed by atoms with E-state index in [1.807, 2.05) is 19.1 Å². The van der Waals surface area contributed by atoms with Gasteiger partial charge in [0.05, 0.1) is 12.1 Å². The molecule has 3 aliphatic rings. The Morgan fingerprint density at radius 2 is 2.00 bits per heavy atom. The fourth-order valence-corrected chi connectivity index (χ4v) is 4.98. The summed E-state index contributed by atoms with van der Waals surface area (Å²) in [5, 5.41) is 13.8. The van der Waals surface area contributed by atoms with Crippen molar-refractivity contribution in [2.24, 2.45) is 5.92 Å². The number of esters is 1. The highest BCUT2D eigenvalue weighted by molar-refractivity contribution is 8.14. The van der Waals surface area contributed by atoms with E-state index >= 15 is 0 Å². The summed E-state index contributed by atoms with van der Waals surface area (Å²) < 4.78 is 11.7. The van der Waals surface area contributed by atoms with E-state index in [1.165, 1.54) is 6.08 Å². The van der Waals surface area contributed by atoms with Gasteiger partial charge in [0.15, 0.2) is 5.79 Å². The van der Waals surface area contributed by atoms with Crippen LogP contribution in [0.3, 0.4) is 0 Å². The Labute approximate surface area is 181 Å². The maximum absolute atomic E-state index is 12.4. The van der Waals surface area contributed by atoms with Crippen molar-refractivity contribution in [3.63, 3.8) is 0 Å². The highest BCUT2D eigenvalue weighted by atomic mass is 32.2. The number of hydrogen-bond acceptors (Lipinski definition) is 7. The molecule has 3 heterocycles. The first kappa shape index (κ1) is 23.0. The molecule has 2 bridgehead atoms. The van der Waals surface area contributed by atoms with E-state index in [1.54, 1.807) is 0 Å². The van der Waals surface area contributed by atoms with Gasteiger partial charge >= 0.3 is 5.97 Å². The lowest BCUT2D eigenvalue weighted by molar-refractivity contribution is -0.283. The molecule has 0 aromatic carbocycles. The van der Waals surface area contributed by atoms with Crippen LogP contribution in [0.15, 0.2) is 23.8 Å². The number of carbonyl (C=O) groups is 3. The molecule has 0 radical (unpaired) electrons. The van der Waals surface area contributed by atoms with Crippen LogP contribution >= 0.6 is 11.8 Å². The number of rotatable bonds is 1. The van der Waals surface area contributed by atoms with E-state index in [0.717, 1.165) is 23.8 Å². The van der Waals surface area contributed by atoms with Crippen LogP contribution in [0.25, 0.3) is 0 Å². The standard InChI is InChI=1S/C22H31NO6S/c1-14-4-3-5-16(24)8-6-15(2)10-20(25)28-18-11-17(9-7-14)29-22(27,12-18)19-13-30-21(26)23-19/h3-4,10,14,17-19,27H,5-9,11-13H2,1-2H3,(H,23,26)/b4-3-,15-10-/t14-,17-,18-,19+,22-/m1/s1. The number of aliphatic hydroxyl groups is 1. The van der Waals surface area contributed by atoms with Crippen LogP contribution in [0.1, 0.15) is 58.8 Å². The normalized spacial score (nSPS) is 39.6. The summed E-state index contributed by atoms with van der Waals surface area (Å²) in [6, 6.07) is -0.537. The predicted octanol–water partition coefficient (Wildman–Crippen LogP) is 3.26. The van der Waals surface area contributed by atoms with Crippen molar-refractivity contribution in [1.29, 1.82) is 0 Å². The Kier molecular flexibility index (Phi) is 7.76. The van der Waals surface area contributed by atoms with Crippen molar-refractivity contribution < 1.29 is 29.0 Å². The summed E-state index contributed by atoms with van der Waals surface area (Å²) in [4.78, 5) is 36.1. The number of ketones is 1. The van der Waals surface area contributed by atoms with Crippen molar-refractivity contribution in [3.05, 3.63) is 23.8 Å². The molecule has 5 atom stereocenters. The molecule has 0 aliphatic carbocycles. The number of amides is 1. The lowest BCUT2D eigenvalue weighted by Gasteiger charge is -2.43. The molecule has 30 heavy (non-hydrogen) atoms. The van der Waals surface area contributed by atoms with E-state index in [2.05, 4.69) is 12.2 Å². The molecule has 0 aromatic heterocycles. The monoisotopic (exact) mass is 437 g/mol. The van der Waals surface area contributed by atoms with E-state index in [4.69, 9.17) is 9.47 Å². The number of nitrogens with one attached hydrogen (secondary N) is 1. The number of thioether (sulfide) groups is 1. The minimum atomic E-state index is -1.57. The van der Waals surface area contributed by atoms with Crippen LogP contribution in [0.5, 0.6) is 0 Å². The molecule has 8 heteroatoms. The molecule has 0 saturated carbocycles. The number of hydrogen-bond donors (Lipinski definition) is 2. The lowest BCUT2D eigenvalue weighted by atomic mass is 9.90. The molecule has 3 aliphatic heterocycles. The number of ether oxygens (including phenoxy) is 2. The first-order chi connectivity index (χ1) is 14.2. The maximum Gasteiger partial charge on any atom is 0.330 e. The van der Waals surface area contributed by atoms with Crippen molar-refractivity contribution in [2.75, 3.05) is 5.75 Å². The molecule has 166 valence electrons. The quantitative estimate of drug-likeness (QED) is 0.479. The van der Waals surface area contributed by atoms with Gasteiger partial charge in [-0.3, -0.25) is 9.59 Å². The van der Waals surface area contributed by atoms with Gasteiger partial charge in [-0.15, -0.1) is 0 Å². The molecule has 7 nitrogen and oxygen atoms in total. The van der Waals surface area contributed by atoms with Gasteiger partial charge in [0.25, 0.3) is 5.24 Å². The number of carbonyl (C=O) groups excluding carboxylic acids is 3. The Balaban J connectivity index is 1.77. The third kappa shape index (κ3) is 6.43. The summed E-state index contributed by atoms with van der Waals surface area (Å²) in [7, 11) is 0. The van der Waals surface area contributed by atoms with Crippen LogP contribution < -0.4 is 5.32 Å². The third-order valence-corrected chi connectivity index (χ3v) is 6.71. The van der Waals surface area contributed by atoms with Crippen molar-refractivity contribution in [3.8, 4) is 0 Å². The zero-order chi connectivity index (χ0) is 21.7. The second-order valence-electron chi connectivity index (χ2n) is 8.60. The van der Waals surface area contributed by atoms with Crippen molar-refractivity contribution in [2.45, 2.75) is 82.8 Å². The van der Waals surface area contributed by atoms with Crippen LogP contribution in [-0.2, 0) is 19.1 Å². The smallest absolute Gasteiger partial charge is 0.330 e. The molecule has 0 unspecified atom stereocenters. The Hall–Kier alpha value is -1.64. The zero-order valence-electron chi connectivity index (χ0n) is 17.6. The van der Waals surface area contributed by atoms with E-state index in [0.29, 0.717) is 37.9 Å². The van der Waals surface area contributed by atoms with Crippen LogP contribution in [0.4, 0.5) is 4.79 Å². The van der Waals surface area contributed by atoms with E-state index in [-0.39, 0.29) is 29.5 Å². The molecule has 0 aromatic rings. The summed E-state index contributed by atoms with van der Waals surface area (Å²) in [6.07, 6.45) is 8.01. The number of Topliss-reactive ketones (excluding diaryl/α,β-unsaturated/α-hetero) is 1. The molecule has 0 spiro atoms. The predicted molar refractivity (Wildman–Crippen MR) is 114 cm³/mol. The second kappa shape index (κ2) is 10.1. The van der Waals surface area contributed by atoms with Crippen LogP contribution in [-0.4, -0.2) is 51.9 Å². The van der Waals surface area contributed by atoms with Gasteiger partial charge < -0.3 is 19.9 Å². The molecule has 1 amide bonds. The summed E-state index contributed by atoms with van der Waals surface area (Å²) in [6.45, 7) is 3.89. The summed E-state index contributed by atoms with van der Waals surface area (Å²) in [5.41, 5.74) is 0.788. The molecule has 2 fully saturated rings. The maximum atomic E-state index is 12.4. The van der Waals surface area contributed by atoms with E-state index < -0.39 is 23.9 Å². The Bertz CT molecular complexity index is 735. The molecular weight excluding hydrogens is 406 g/mol. The Morgan fingerprint density at radius 1 is 1.20 bits per heavy atom. The number of fused-ring (bicyclic) bond motifs is 2. The van der Waals surface area contributed by atoms with Gasteiger partial charge in [-0.1, -0.05) is 36.4 Å². The van der Waals surface area contributed by atoms with Gasteiger partial charge in [0.1, 0.15) is 11.9 Å². The summed E-state index contributed by atoms with van der Waals surface area (Å²) >= 11 is 1.12. The summed E-state index contributed by atoms with van der Waals surface area (Å²) in [5.74, 6) is -1.22. The highest BCUT2D eigenvalue weighted by Crippen LogP contribution is 2.37. The Morgan fingerprint density at radius 3 is 2.73 bits per heavy atom. The van der Waals surface area contributed by atoms with Crippen molar-refractivity contribution in [1.82, 2.24) is 5.32 Å². The first-order valence-electron chi connectivity index (χ1n) is 10.6. The van der Waals surface area contributed by atoms with Crippen molar-refractivity contribution >= 4 is 28.8 Å². The van der Waals surface area contributed by atoms with Gasteiger partial charge in [-0.05, 0) is 32.1 Å². The largest absolute Gasteiger partial charge is 0.459 e. The molecular formula is C22H31NO6S. The van der Waals surface area contributed by atoms with Gasteiger partial charge in [-0.2, -0.15) is 0 Å². The molecule has 3 rings (SSSR count). The van der Waals surface area contributed by atoms with Gasteiger partial charge in [0, 0.05) is 37.5 Å². The molecule has 2 saturated heterocycles. The highest BCUT2D eigenvalue weighted by Gasteiger charge is 2.49. The minimum absolute atomic E-state index is 0.113. The second-order valence-corrected chi connectivity index (χ2v) is 9.59. The fourth-order valence-electron chi connectivity index (χ4n) is 4.09. The van der Waals surface area contributed by atoms with Gasteiger partial charge in [-0.25, -0.2) is 4.79 Å². The van der Waals surface area contributed by atoms with Crippen LogP contribution in [0, 0.1) is 5.92 Å². The lowest BCUT2D eigenvalue weighted by Crippen LogP contribution is -2.58. The average Bonchev–Trinajstić information content (AvgIpc) is 3.11. The topological polar surface area (TPSA) is 102 Å². The first-order valence-corrected chi connectivity index (χ1v) is 11.6. The third-order valence-electron chi connectivity index (χ3n) is 5.83. The zero-order valence-corrected chi connectivity index (χ0v) is 18.4. The van der Waals surface area contributed by atoms with Crippen LogP contribution in [0.2, 0.25) is 0 Å². The molecule has 2 N–H and O–H groups in total. The minimum Gasteiger partial charge on any atom is -0.459 e. The van der Waals surface area contributed by atoms with Gasteiger partial charge in [0.2, 0.25) is 0 Å². The van der Waals surface area contributed by atoms with E-state index in [9.17, 15) is 19.5 Å². The average molecular weight is 438 g/mol.